The number of carbonyl (C=O) groups excluding carboxylic acids is 1. The van der Waals surface area contributed by atoms with Crippen LogP contribution in [0.1, 0.15) is 13.3 Å². The fourth-order valence-electron chi connectivity index (χ4n) is 1.05. The Balaban J connectivity index is 2.42. The molecule has 86 valence electrons. The van der Waals surface area contributed by atoms with E-state index in [2.05, 4.69) is 10.5 Å². The molecule has 0 saturated heterocycles. The molecule has 0 bridgehead atoms. The largest absolute Gasteiger partial charge is 0.466 e. The minimum atomic E-state index is -0.376. The van der Waals surface area contributed by atoms with Gasteiger partial charge in [0.05, 0.1) is 12.3 Å². The number of rotatable bonds is 5. The minimum absolute atomic E-state index is 0.00628. The lowest BCUT2D eigenvalue weighted by atomic mass is 10.3. The van der Waals surface area contributed by atoms with Crippen LogP contribution in [0, 0.1) is 0 Å². The van der Waals surface area contributed by atoms with E-state index < -0.39 is 0 Å². The van der Waals surface area contributed by atoms with Crippen LogP contribution in [-0.2, 0) is 9.53 Å². The molecule has 0 aliphatic rings. The SMILES string of the molecule is CCOC(=O)C/C(N)=N/Nc1ccccc1. The third kappa shape index (κ3) is 4.45. The van der Waals surface area contributed by atoms with Crippen LogP contribution in [0.2, 0.25) is 0 Å². The molecule has 1 rings (SSSR count). The Labute approximate surface area is 94.3 Å². The number of nitrogens with one attached hydrogen (secondary N) is 1. The fourth-order valence-corrected chi connectivity index (χ4v) is 1.05. The van der Waals surface area contributed by atoms with Gasteiger partial charge in [-0.3, -0.25) is 10.2 Å². The van der Waals surface area contributed by atoms with Gasteiger partial charge in [-0.15, -0.1) is 0 Å². The highest BCUT2D eigenvalue weighted by Gasteiger charge is 2.04. The zero-order valence-corrected chi connectivity index (χ0v) is 9.14. The van der Waals surface area contributed by atoms with Crippen LogP contribution in [-0.4, -0.2) is 18.4 Å². The van der Waals surface area contributed by atoms with Gasteiger partial charge < -0.3 is 10.5 Å². The predicted octanol–water partition coefficient (Wildman–Crippen LogP) is 1.32. The van der Waals surface area contributed by atoms with Gasteiger partial charge in [0.2, 0.25) is 0 Å². The van der Waals surface area contributed by atoms with Crippen LogP contribution in [0.15, 0.2) is 35.4 Å². The summed E-state index contributed by atoms with van der Waals surface area (Å²) < 4.78 is 4.74. The Morgan fingerprint density at radius 1 is 1.44 bits per heavy atom. The number of amidine groups is 1. The summed E-state index contributed by atoms with van der Waals surface area (Å²) in [5.41, 5.74) is 9.10. The number of ether oxygens (including phenoxy) is 1. The molecule has 16 heavy (non-hydrogen) atoms. The summed E-state index contributed by atoms with van der Waals surface area (Å²) >= 11 is 0. The first-order valence-corrected chi connectivity index (χ1v) is 5.01. The molecule has 0 aliphatic carbocycles. The van der Waals surface area contributed by atoms with Crippen LogP contribution in [0.25, 0.3) is 0 Å². The molecule has 0 unspecified atom stereocenters. The van der Waals surface area contributed by atoms with Crippen molar-refractivity contribution in [2.45, 2.75) is 13.3 Å². The first-order valence-electron chi connectivity index (χ1n) is 5.01. The zero-order valence-electron chi connectivity index (χ0n) is 9.14. The van der Waals surface area contributed by atoms with E-state index in [0.29, 0.717) is 6.61 Å². The Morgan fingerprint density at radius 3 is 2.75 bits per heavy atom. The zero-order chi connectivity index (χ0) is 11.8. The van der Waals surface area contributed by atoms with Crippen molar-refractivity contribution >= 4 is 17.5 Å². The average molecular weight is 221 g/mol. The molecule has 5 heteroatoms. The van der Waals surface area contributed by atoms with Crippen molar-refractivity contribution in [3.8, 4) is 0 Å². The lowest BCUT2D eigenvalue weighted by Gasteiger charge is -2.03. The van der Waals surface area contributed by atoms with Gasteiger partial charge in [-0.05, 0) is 19.1 Å². The summed E-state index contributed by atoms with van der Waals surface area (Å²) in [7, 11) is 0. The topological polar surface area (TPSA) is 76.7 Å². The number of carbonyl (C=O) groups is 1. The number of esters is 1. The van der Waals surface area contributed by atoms with Crippen molar-refractivity contribution in [2.24, 2.45) is 10.8 Å². The molecule has 3 N–H and O–H groups in total. The van der Waals surface area contributed by atoms with Crippen molar-refractivity contribution in [2.75, 3.05) is 12.0 Å². The summed E-state index contributed by atoms with van der Waals surface area (Å²) in [6.45, 7) is 2.09. The highest BCUT2D eigenvalue weighted by molar-refractivity contribution is 5.96. The summed E-state index contributed by atoms with van der Waals surface area (Å²) in [6.07, 6.45) is -0.00628. The van der Waals surface area contributed by atoms with E-state index in [1.807, 2.05) is 30.3 Å². The maximum Gasteiger partial charge on any atom is 0.313 e. The van der Waals surface area contributed by atoms with Gasteiger partial charge in [0.1, 0.15) is 12.3 Å². The van der Waals surface area contributed by atoms with Gasteiger partial charge >= 0.3 is 5.97 Å². The Bertz CT molecular complexity index is 363. The smallest absolute Gasteiger partial charge is 0.313 e. The molecule has 0 heterocycles. The van der Waals surface area contributed by atoms with Crippen molar-refractivity contribution < 1.29 is 9.53 Å². The predicted molar refractivity (Wildman–Crippen MR) is 62.9 cm³/mol. The molecule has 0 aromatic heterocycles. The maximum atomic E-state index is 11.1. The van der Waals surface area contributed by atoms with Crippen LogP contribution in [0.3, 0.4) is 0 Å². The summed E-state index contributed by atoms with van der Waals surface area (Å²) in [6, 6.07) is 9.35. The number of para-hydroxylation sites is 1. The Morgan fingerprint density at radius 2 is 2.12 bits per heavy atom. The second kappa shape index (κ2) is 6.44. The van der Waals surface area contributed by atoms with Gasteiger partial charge in [-0.25, -0.2) is 0 Å². The lowest BCUT2D eigenvalue weighted by molar-refractivity contribution is -0.141. The summed E-state index contributed by atoms with van der Waals surface area (Å²) in [5, 5.41) is 3.86. The molecular weight excluding hydrogens is 206 g/mol. The highest BCUT2D eigenvalue weighted by atomic mass is 16.5. The Hall–Kier alpha value is -2.04. The van der Waals surface area contributed by atoms with E-state index in [-0.39, 0.29) is 18.2 Å². The van der Waals surface area contributed by atoms with Crippen molar-refractivity contribution in [1.82, 2.24) is 0 Å². The minimum Gasteiger partial charge on any atom is -0.466 e. The number of nitrogens with two attached hydrogens (primary N) is 1. The fraction of sp³-hybridized carbons (Fsp3) is 0.273. The molecule has 0 saturated carbocycles. The van der Waals surface area contributed by atoms with E-state index in [0.717, 1.165) is 5.69 Å². The quantitative estimate of drug-likeness (QED) is 0.340. The molecule has 1 aromatic carbocycles. The number of nitrogens with zero attached hydrogens (tertiary/aromatic N) is 1. The van der Waals surface area contributed by atoms with Crippen molar-refractivity contribution in [3.63, 3.8) is 0 Å². The monoisotopic (exact) mass is 221 g/mol. The molecule has 0 amide bonds. The molecular formula is C11H15N3O2. The normalized spacial score (nSPS) is 10.9. The van der Waals surface area contributed by atoms with Crippen molar-refractivity contribution in [3.05, 3.63) is 30.3 Å². The van der Waals surface area contributed by atoms with Gasteiger partial charge in [-0.2, -0.15) is 5.10 Å². The summed E-state index contributed by atoms with van der Waals surface area (Å²) in [4.78, 5) is 11.1. The van der Waals surface area contributed by atoms with Crippen LogP contribution in [0.5, 0.6) is 0 Å². The maximum absolute atomic E-state index is 11.1. The van der Waals surface area contributed by atoms with E-state index in [9.17, 15) is 4.79 Å². The van der Waals surface area contributed by atoms with E-state index in [1.54, 1.807) is 6.92 Å². The van der Waals surface area contributed by atoms with Gasteiger partial charge in [0.25, 0.3) is 0 Å². The molecule has 0 radical (unpaired) electrons. The highest BCUT2D eigenvalue weighted by Crippen LogP contribution is 2.04. The lowest BCUT2D eigenvalue weighted by Crippen LogP contribution is -2.20. The third-order valence-electron chi connectivity index (χ3n) is 1.73. The summed E-state index contributed by atoms with van der Waals surface area (Å²) in [5.74, 6) is -0.180. The molecule has 0 fully saturated rings. The van der Waals surface area contributed by atoms with Gasteiger partial charge in [0, 0.05) is 0 Å². The van der Waals surface area contributed by atoms with E-state index in [4.69, 9.17) is 10.5 Å². The van der Waals surface area contributed by atoms with Gasteiger partial charge in [-0.1, -0.05) is 18.2 Å². The molecule has 5 nitrogen and oxygen atoms in total. The standard InChI is InChI=1S/C11H15N3O2/c1-2-16-11(15)8-10(12)14-13-9-6-4-3-5-7-9/h3-7,13H,2,8H2,1H3,(H2,12,14). The molecule has 0 spiro atoms. The van der Waals surface area contributed by atoms with Crippen LogP contribution >= 0.6 is 0 Å². The number of hydrogen-bond acceptors (Lipinski definition) is 4. The van der Waals surface area contributed by atoms with Crippen LogP contribution in [0.4, 0.5) is 5.69 Å². The molecule has 0 atom stereocenters. The van der Waals surface area contributed by atoms with Crippen molar-refractivity contribution in [1.29, 1.82) is 0 Å². The molecule has 0 aliphatic heterocycles. The average Bonchev–Trinajstić information content (AvgIpc) is 2.28. The molecule has 1 aromatic rings. The Kier molecular flexibility index (Phi) is 4.85. The van der Waals surface area contributed by atoms with E-state index in [1.165, 1.54) is 0 Å². The number of anilines is 1. The van der Waals surface area contributed by atoms with Gasteiger partial charge in [0.15, 0.2) is 0 Å². The third-order valence-corrected chi connectivity index (χ3v) is 1.73. The number of benzene rings is 1. The number of hydrogen-bond donors (Lipinski definition) is 2. The second-order valence-electron chi connectivity index (χ2n) is 3.06. The van der Waals surface area contributed by atoms with Crippen LogP contribution < -0.4 is 11.2 Å². The first kappa shape index (κ1) is 12.0. The second-order valence-corrected chi connectivity index (χ2v) is 3.06. The van der Waals surface area contributed by atoms with E-state index >= 15 is 0 Å². The first-order chi connectivity index (χ1) is 7.72. The number of hydrazone groups is 1.